The molecule has 4 aromatic carbocycles. The van der Waals surface area contributed by atoms with Crippen molar-refractivity contribution in [2.45, 2.75) is 415 Å². The summed E-state index contributed by atoms with van der Waals surface area (Å²) in [6.45, 7) is 60.1. The molecule has 0 unspecified atom stereocenters. The van der Waals surface area contributed by atoms with Crippen molar-refractivity contribution in [3.63, 3.8) is 0 Å². The molecule has 0 atom stereocenters. The van der Waals surface area contributed by atoms with Crippen molar-refractivity contribution in [2.24, 2.45) is 0 Å². The first-order valence-corrected chi connectivity index (χ1v) is 41.7. The van der Waals surface area contributed by atoms with Gasteiger partial charge in [-0.05, 0) is 160 Å². The molecule has 0 saturated carbocycles. The SMILES string of the molecule is CCCCCC(C)(C)c1ccc([Si](O[Si](c2ccc(C(C)(C)CCCCC)c(C(C)(C)CCCCC)c2)c2ccc(C(C)(C)CCCCC)c(C(C)(C)CCCCC)c2)c2ccc(C(C)(C)CCCCC)c(C(C)(C)CCCCC)c2)cc1C(C)(C)CCCCC. The number of hydrogen-bond acceptors (Lipinski definition) is 1. The molecule has 0 N–H and O–H groups in total. The van der Waals surface area contributed by atoms with Gasteiger partial charge in [-0.25, -0.2) is 0 Å². The average Bonchev–Trinajstić information content (AvgIpc) is 0.785. The van der Waals surface area contributed by atoms with Crippen molar-refractivity contribution in [3.8, 4) is 0 Å². The van der Waals surface area contributed by atoms with E-state index < -0.39 is 18.1 Å². The molecule has 0 bridgehead atoms. The van der Waals surface area contributed by atoms with Crippen LogP contribution in [-0.2, 0) is 47.4 Å². The molecular weight excluding hydrogens is 1130 g/mol. The van der Waals surface area contributed by atoms with E-state index >= 15 is 0 Å². The molecule has 4 aromatic rings. The van der Waals surface area contributed by atoms with Gasteiger partial charge in [-0.1, -0.05) is 393 Å². The van der Waals surface area contributed by atoms with E-state index in [2.05, 4.69) is 239 Å². The Bertz CT molecular complexity index is 2350. The zero-order valence-corrected chi connectivity index (χ0v) is 67.0. The zero-order valence-electron chi connectivity index (χ0n) is 65.0. The van der Waals surface area contributed by atoms with Crippen molar-refractivity contribution in [3.05, 3.63) is 117 Å². The van der Waals surface area contributed by atoms with Crippen LogP contribution in [0.25, 0.3) is 0 Å². The number of hydrogen-bond donors (Lipinski definition) is 0. The van der Waals surface area contributed by atoms with Gasteiger partial charge >= 0.3 is 0 Å². The van der Waals surface area contributed by atoms with Gasteiger partial charge in [0.25, 0.3) is 18.1 Å². The summed E-state index contributed by atoms with van der Waals surface area (Å²) >= 11 is 0. The van der Waals surface area contributed by atoms with Crippen LogP contribution < -0.4 is 20.7 Å². The molecule has 0 aliphatic rings. The Labute approximate surface area is 571 Å². The first kappa shape index (κ1) is 80.7. The van der Waals surface area contributed by atoms with Crippen molar-refractivity contribution in [1.82, 2.24) is 0 Å². The molecule has 0 fully saturated rings. The number of rotatable bonds is 46. The van der Waals surface area contributed by atoms with Crippen molar-refractivity contribution in [1.29, 1.82) is 0 Å². The monoisotopic (exact) mass is 1280 g/mol. The highest BCUT2D eigenvalue weighted by atomic mass is 28.4. The molecule has 0 aromatic heterocycles. The summed E-state index contributed by atoms with van der Waals surface area (Å²) in [6, 6.07) is 32.0. The van der Waals surface area contributed by atoms with Crippen LogP contribution in [-0.4, -0.2) is 18.1 Å². The minimum atomic E-state index is -1.96. The fourth-order valence-corrected chi connectivity index (χ4v) is 21.0. The molecule has 0 heterocycles. The van der Waals surface area contributed by atoms with Crippen LogP contribution in [0.15, 0.2) is 72.8 Å². The summed E-state index contributed by atoms with van der Waals surface area (Å²) in [7, 11) is -3.92. The highest BCUT2D eigenvalue weighted by molar-refractivity contribution is 6.91. The molecule has 514 valence electrons. The first-order chi connectivity index (χ1) is 42.8. The minimum absolute atomic E-state index is 0.00184. The fourth-order valence-electron chi connectivity index (χ4n) is 15.6. The maximum atomic E-state index is 8.88. The van der Waals surface area contributed by atoms with Gasteiger partial charge in [0, 0.05) is 0 Å². The molecule has 0 aliphatic carbocycles. The highest BCUT2D eigenvalue weighted by Crippen LogP contribution is 2.44. The van der Waals surface area contributed by atoms with Crippen molar-refractivity contribution < 1.29 is 4.12 Å². The largest absolute Gasteiger partial charge is 0.442 e. The average molecular weight is 1280 g/mol. The lowest BCUT2D eigenvalue weighted by molar-refractivity contribution is 0.410. The second-order valence-corrected chi connectivity index (χ2v) is 39.0. The van der Waals surface area contributed by atoms with E-state index in [4.69, 9.17) is 4.12 Å². The van der Waals surface area contributed by atoms with E-state index in [1.54, 1.807) is 44.5 Å². The normalized spacial score (nSPS) is 13.4. The van der Waals surface area contributed by atoms with Crippen LogP contribution in [0, 0.1) is 0 Å². The summed E-state index contributed by atoms with van der Waals surface area (Å²) in [6.07, 6.45) is 39.8. The van der Waals surface area contributed by atoms with E-state index in [9.17, 15) is 0 Å². The smallest absolute Gasteiger partial charge is 0.272 e. The Balaban J connectivity index is 2.38. The Morgan fingerprint density at radius 2 is 0.352 bits per heavy atom. The quantitative estimate of drug-likeness (QED) is 0.0316. The second-order valence-electron chi connectivity index (χ2n) is 34.5. The molecule has 4 rings (SSSR count). The van der Waals surface area contributed by atoms with Crippen LogP contribution in [0.1, 0.15) is 416 Å². The molecule has 3 heteroatoms. The van der Waals surface area contributed by atoms with Gasteiger partial charge in [-0.15, -0.1) is 0 Å². The van der Waals surface area contributed by atoms with Crippen molar-refractivity contribution in [2.75, 3.05) is 0 Å². The molecular formula is C88H148OSi2. The molecule has 91 heavy (non-hydrogen) atoms. The fraction of sp³-hybridized carbons (Fsp3) is 0.727. The third-order valence-corrected chi connectivity index (χ3v) is 27.4. The zero-order chi connectivity index (χ0) is 67.9. The maximum Gasteiger partial charge on any atom is 0.272 e. The summed E-state index contributed by atoms with van der Waals surface area (Å²) in [5, 5.41) is 5.69. The highest BCUT2D eigenvalue weighted by Gasteiger charge is 2.40. The van der Waals surface area contributed by atoms with Crippen LogP contribution >= 0.6 is 0 Å². The lowest BCUT2D eigenvalue weighted by atomic mass is 9.70. The standard InChI is InChI=1S/C88H148OSi2/c1-25-33-41-57-81(9,10)73-53-49-69(65-77(73)85(17,18)61-45-37-29-5)90(70-50-54-74(82(11,12)58-42-34-26-2)78(66-70)86(19,20)62-46-38-30-6)89-91(71-51-55-75(83(13,14)59-43-35-27-3)79(67-71)87(21,22)63-47-39-31-7)72-52-56-76(84(15,16)60-44-36-28-4)80(68-72)88(23,24)64-48-40-32-8/h49-56,65-68H,25-48,57-64H2,1-24H3. The molecule has 1 nitrogen and oxygen atoms in total. The first-order valence-electron chi connectivity index (χ1n) is 38.8. The minimum Gasteiger partial charge on any atom is -0.442 e. The molecule has 0 spiro atoms. The van der Waals surface area contributed by atoms with Crippen LogP contribution in [0.3, 0.4) is 0 Å². The van der Waals surface area contributed by atoms with E-state index in [1.165, 1.54) is 226 Å². The topological polar surface area (TPSA) is 9.23 Å². The van der Waals surface area contributed by atoms with E-state index in [0.29, 0.717) is 0 Å². The van der Waals surface area contributed by atoms with Crippen LogP contribution in [0.4, 0.5) is 0 Å². The van der Waals surface area contributed by atoms with Gasteiger partial charge < -0.3 is 4.12 Å². The number of benzene rings is 4. The maximum absolute atomic E-state index is 8.88. The Hall–Kier alpha value is -2.73. The molecule has 2 radical (unpaired) electrons. The van der Waals surface area contributed by atoms with Crippen molar-refractivity contribution >= 4 is 38.8 Å². The summed E-state index contributed by atoms with van der Waals surface area (Å²) in [5.74, 6) is 0. The lowest BCUT2D eigenvalue weighted by Crippen LogP contribution is -2.57. The van der Waals surface area contributed by atoms with Gasteiger partial charge in [0.2, 0.25) is 0 Å². The van der Waals surface area contributed by atoms with Gasteiger partial charge in [0.1, 0.15) is 0 Å². The Morgan fingerprint density at radius 3 is 0.495 bits per heavy atom. The Kier molecular flexibility index (Phi) is 32.9. The number of unbranched alkanes of at least 4 members (excludes halogenated alkanes) is 16. The molecule has 0 saturated heterocycles. The van der Waals surface area contributed by atoms with E-state index in [-0.39, 0.29) is 43.3 Å². The van der Waals surface area contributed by atoms with Gasteiger partial charge in [0.15, 0.2) is 0 Å². The Morgan fingerprint density at radius 1 is 0.209 bits per heavy atom. The molecule has 0 amide bonds. The van der Waals surface area contributed by atoms with E-state index in [0.717, 1.165) is 0 Å². The predicted molar refractivity (Wildman–Crippen MR) is 414 cm³/mol. The summed E-state index contributed by atoms with van der Waals surface area (Å²) in [5.41, 5.74) is 12.7. The predicted octanol–water partition coefficient (Wildman–Crippen LogP) is 25.5. The van der Waals surface area contributed by atoms with Crippen LogP contribution in [0.2, 0.25) is 0 Å². The summed E-state index contributed by atoms with van der Waals surface area (Å²) in [4.78, 5) is 0. The lowest BCUT2D eigenvalue weighted by Gasteiger charge is -2.38. The van der Waals surface area contributed by atoms with E-state index in [1.807, 2.05) is 0 Å². The van der Waals surface area contributed by atoms with Crippen LogP contribution in [0.5, 0.6) is 0 Å². The summed E-state index contributed by atoms with van der Waals surface area (Å²) < 4.78 is 8.88. The third kappa shape index (κ3) is 23.2. The molecule has 0 aliphatic heterocycles. The third-order valence-electron chi connectivity index (χ3n) is 22.4. The second kappa shape index (κ2) is 37.1. The van der Waals surface area contributed by atoms with Gasteiger partial charge in [0.05, 0.1) is 0 Å². The van der Waals surface area contributed by atoms with Gasteiger partial charge in [-0.2, -0.15) is 0 Å². The van der Waals surface area contributed by atoms with Gasteiger partial charge in [-0.3, -0.25) is 0 Å².